The van der Waals surface area contributed by atoms with E-state index in [0.717, 1.165) is 5.56 Å². The molecule has 1 aromatic heterocycles. The third-order valence-corrected chi connectivity index (χ3v) is 2.35. The molecular weight excluding hydrogens is 189 g/mol. The molecule has 0 aliphatic heterocycles. The van der Waals surface area contributed by atoms with Crippen LogP contribution in [0, 0.1) is 0 Å². The van der Waals surface area contributed by atoms with E-state index < -0.39 is 7.60 Å². The second kappa shape index (κ2) is 3.83. The first-order valence-electron chi connectivity index (χ1n) is 3.66. The van der Waals surface area contributed by atoms with E-state index in [2.05, 4.69) is 11.6 Å². The molecule has 0 spiro atoms. The van der Waals surface area contributed by atoms with Gasteiger partial charge in [0.2, 0.25) is 0 Å². The lowest BCUT2D eigenvalue weighted by Gasteiger charge is -2.02. The fraction of sp³-hybridized carbons (Fsp3) is 0.125. The van der Waals surface area contributed by atoms with Crippen molar-refractivity contribution in [3.8, 4) is 0 Å². The van der Waals surface area contributed by atoms with Gasteiger partial charge in [-0.25, -0.2) is 4.98 Å². The van der Waals surface area contributed by atoms with E-state index in [0.29, 0.717) is 6.42 Å². The zero-order valence-corrected chi connectivity index (χ0v) is 7.82. The van der Waals surface area contributed by atoms with Crippen molar-refractivity contribution >= 4 is 13.0 Å². The van der Waals surface area contributed by atoms with Crippen LogP contribution in [0.3, 0.4) is 0 Å². The lowest BCUT2D eigenvalue weighted by atomic mass is 10.2. The van der Waals surface area contributed by atoms with E-state index in [1.165, 1.54) is 12.3 Å². The van der Waals surface area contributed by atoms with Crippen molar-refractivity contribution < 1.29 is 14.4 Å². The van der Waals surface area contributed by atoms with Crippen molar-refractivity contribution in [3.63, 3.8) is 0 Å². The monoisotopic (exact) mass is 199 g/mol. The molecule has 0 saturated heterocycles. The van der Waals surface area contributed by atoms with Crippen LogP contribution in [0.4, 0.5) is 0 Å². The van der Waals surface area contributed by atoms with Gasteiger partial charge in [-0.3, -0.25) is 4.57 Å². The summed E-state index contributed by atoms with van der Waals surface area (Å²) in [4.78, 5) is 21.1. The first-order valence-corrected chi connectivity index (χ1v) is 5.27. The lowest BCUT2D eigenvalue weighted by molar-refractivity contribution is 0.386. The Labute approximate surface area is 76.1 Å². The zero-order chi connectivity index (χ0) is 9.90. The van der Waals surface area contributed by atoms with Gasteiger partial charge in [-0.1, -0.05) is 12.1 Å². The maximum atomic E-state index is 10.7. The van der Waals surface area contributed by atoms with E-state index in [1.54, 1.807) is 12.1 Å². The van der Waals surface area contributed by atoms with Crippen LogP contribution in [0.15, 0.2) is 31.0 Å². The Morgan fingerprint density at radius 2 is 2.23 bits per heavy atom. The molecule has 0 atom stereocenters. The highest BCUT2D eigenvalue weighted by molar-refractivity contribution is 7.60. The molecule has 0 amide bonds. The van der Waals surface area contributed by atoms with Gasteiger partial charge in [0.15, 0.2) is 5.44 Å². The Morgan fingerprint density at radius 3 is 2.62 bits per heavy atom. The maximum absolute atomic E-state index is 10.7. The fourth-order valence-electron chi connectivity index (χ4n) is 0.876. The van der Waals surface area contributed by atoms with Crippen LogP contribution >= 0.6 is 7.60 Å². The summed E-state index contributed by atoms with van der Waals surface area (Å²) in [6.07, 6.45) is 3.79. The average Bonchev–Trinajstić information content (AvgIpc) is 2.04. The molecule has 4 nitrogen and oxygen atoms in total. The van der Waals surface area contributed by atoms with Gasteiger partial charge in [-0.2, -0.15) is 0 Å². The first kappa shape index (κ1) is 10.1. The van der Waals surface area contributed by atoms with Gasteiger partial charge in [0, 0.05) is 6.20 Å². The van der Waals surface area contributed by atoms with Crippen LogP contribution in [0.2, 0.25) is 0 Å². The molecule has 1 heterocycles. The second-order valence-corrected chi connectivity index (χ2v) is 4.11. The van der Waals surface area contributed by atoms with Gasteiger partial charge >= 0.3 is 7.60 Å². The van der Waals surface area contributed by atoms with Gasteiger partial charge in [0.25, 0.3) is 0 Å². The van der Waals surface area contributed by atoms with Crippen LogP contribution in [0.25, 0.3) is 0 Å². The minimum atomic E-state index is -4.19. The van der Waals surface area contributed by atoms with Gasteiger partial charge in [-0.05, 0) is 18.1 Å². The molecule has 13 heavy (non-hydrogen) atoms. The molecule has 0 aliphatic rings. The van der Waals surface area contributed by atoms with Crippen LogP contribution in [0.1, 0.15) is 5.56 Å². The Bertz CT molecular complexity index is 341. The average molecular weight is 199 g/mol. The van der Waals surface area contributed by atoms with Crippen molar-refractivity contribution in [2.45, 2.75) is 6.42 Å². The minimum absolute atomic E-state index is 0.194. The number of allylic oxidation sites excluding steroid dienone is 1. The summed E-state index contributed by atoms with van der Waals surface area (Å²) in [5.41, 5.74) is 0.688. The molecule has 0 saturated carbocycles. The number of hydrogen-bond donors (Lipinski definition) is 2. The highest BCUT2D eigenvalue weighted by Crippen LogP contribution is 2.31. The number of pyridine rings is 1. The van der Waals surface area contributed by atoms with Gasteiger partial charge in [-0.15, -0.1) is 6.58 Å². The van der Waals surface area contributed by atoms with E-state index in [-0.39, 0.29) is 5.44 Å². The minimum Gasteiger partial charge on any atom is -0.320 e. The van der Waals surface area contributed by atoms with Crippen molar-refractivity contribution in [2.75, 3.05) is 0 Å². The highest BCUT2D eigenvalue weighted by Gasteiger charge is 2.17. The summed E-state index contributed by atoms with van der Waals surface area (Å²) >= 11 is 0. The van der Waals surface area contributed by atoms with Crippen molar-refractivity contribution in [1.82, 2.24) is 4.98 Å². The number of hydrogen-bond acceptors (Lipinski definition) is 2. The molecule has 0 fully saturated rings. The summed E-state index contributed by atoms with van der Waals surface area (Å²) in [5, 5.41) is 0. The molecule has 0 unspecified atom stereocenters. The van der Waals surface area contributed by atoms with Crippen LogP contribution in [-0.2, 0) is 11.0 Å². The first-order chi connectivity index (χ1) is 6.04. The Kier molecular flexibility index (Phi) is 2.98. The van der Waals surface area contributed by atoms with Crippen molar-refractivity contribution in [1.29, 1.82) is 0 Å². The molecule has 2 N–H and O–H groups in total. The van der Waals surface area contributed by atoms with Gasteiger partial charge in [0.05, 0.1) is 0 Å². The molecular formula is C8H10NO3P. The Hall–Kier alpha value is -0.960. The lowest BCUT2D eigenvalue weighted by Crippen LogP contribution is -2.08. The molecule has 1 rings (SSSR count). The Morgan fingerprint density at radius 1 is 1.54 bits per heavy atom. The summed E-state index contributed by atoms with van der Waals surface area (Å²) < 4.78 is 10.7. The largest absolute Gasteiger partial charge is 0.374 e. The van der Waals surface area contributed by atoms with Crippen molar-refractivity contribution in [2.24, 2.45) is 0 Å². The quantitative estimate of drug-likeness (QED) is 0.552. The maximum Gasteiger partial charge on any atom is 0.374 e. The van der Waals surface area contributed by atoms with E-state index >= 15 is 0 Å². The Balaban J connectivity index is 2.94. The number of rotatable bonds is 3. The second-order valence-electron chi connectivity index (χ2n) is 2.56. The predicted molar refractivity (Wildman–Crippen MR) is 49.8 cm³/mol. The predicted octanol–water partition coefficient (Wildman–Crippen LogP) is 0.613. The van der Waals surface area contributed by atoms with E-state index in [9.17, 15) is 4.57 Å². The van der Waals surface area contributed by atoms with E-state index in [1.807, 2.05) is 0 Å². The fourth-order valence-corrected chi connectivity index (χ4v) is 1.35. The summed E-state index contributed by atoms with van der Waals surface area (Å²) in [6.45, 7) is 3.55. The molecule has 0 aliphatic carbocycles. The molecule has 70 valence electrons. The molecule has 0 bridgehead atoms. The number of nitrogens with zero attached hydrogens (tertiary/aromatic N) is 1. The summed E-state index contributed by atoms with van der Waals surface area (Å²) in [6, 6.07) is 2.96. The number of aromatic nitrogens is 1. The smallest absolute Gasteiger partial charge is 0.320 e. The van der Waals surface area contributed by atoms with Crippen LogP contribution < -0.4 is 5.44 Å². The van der Waals surface area contributed by atoms with E-state index in [4.69, 9.17) is 9.79 Å². The van der Waals surface area contributed by atoms with Gasteiger partial charge < -0.3 is 9.79 Å². The molecule has 0 radical (unpaired) electrons. The zero-order valence-electron chi connectivity index (χ0n) is 6.92. The SMILES string of the molecule is C=CCc1ccc(P(=O)(O)O)nc1. The molecule has 0 aromatic carbocycles. The molecule has 5 heteroatoms. The normalized spacial score (nSPS) is 11.2. The van der Waals surface area contributed by atoms with Gasteiger partial charge in [0.1, 0.15) is 0 Å². The molecule has 1 aromatic rings. The highest BCUT2D eigenvalue weighted by atomic mass is 31.2. The third-order valence-electron chi connectivity index (χ3n) is 1.49. The van der Waals surface area contributed by atoms with Crippen LogP contribution in [0.5, 0.6) is 0 Å². The summed E-state index contributed by atoms with van der Waals surface area (Å²) in [5.74, 6) is 0. The van der Waals surface area contributed by atoms with Crippen LogP contribution in [-0.4, -0.2) is 14.8 Å². The standard InChI is InChI=1S/C8H10NO3P/c1-2-3-7-4-5-8(9-6-7)13(10,11)12/h2,4-6H,1,3H2,(H2,10,11,12). The third kappa shape index (κ3) is 2.77. The topological polar surface area (TPSA) is 70.4 Å². The summed E-state index contributed by atoms with van der Waals surface area (Å²) in [7, 11) is -4.19. The van der Waals surface area contributed by atoms with Crippen molar-refractivity contribution in [3.05, 3.63) is 36.5 Å².